The van der Waals surface area contributed by atoms with Gasteiger partial charge < -0.3 is 0 Å². The van der Waals surface area contributed by atoms with Crippen molar-refractivity contribution in [3.63, 3.8) is 0 Å². The summed E-state index contributed by atoms with van der Waals surface area (Å²) in [5.41, 5.74) is 1.85. The molecule has 0 saturated carbocycles. The monoisotopic (exact) mass is 150 g/mol. The van der Waals surface area contributed by atoms with Crippen LogP contribution in [0.5, 0.6) is 0 Å². The van der Waals surface area contributed by atoms with Crippen LogP contribution in [0.1, 0.15) is 5.56 Å². The molecule has 2 rings (SSSR count). The summed E-state index contributed by atoms with van der Waals surface area (Å²) >= 11 is 0. The van der Waals surface area contributed by atoms with Gasteiger partial charge in [-0.15, -0.1) is 5.10 Å². The summed E-state index contributed by atoms with van der Waals surface area (Å²) < 4.78 is 12.7. The molecule has 0 aliphatic rings. The molecule has 0 spiro atoms. The Morgan fingerprint density at radius 1 is 1.45 bits per heavy atom. The Balaban J connectivity index is 2.86. The molecule has 1 N–H and O–H groups in total. The zero-order chi connectivity index (χ0) is 7.84. The van der Waals surface area contributed by atoms with E-state index < -0.39 is 5.95 Å². The normalized spacial score (nSPS) is 10.7. The van der Waals surface area contributed by atoms with Gasteiger partial charge in [-0.2, -0.15) is 4.39 Å². The van der Waals surface area contributed by atoms with Crippen LogP contribution in [0.4, 0.5) is 4.39 Å². The fourth-order valence-electron chi connectivity index (χ4n) is 1.10. The third kappa shape index (κ3) is 0.888. The van der Waals surface area contributed by atoms with Crippen LogP contribution in [0.25, 0.3) is 10.9 Å². The summed E-state index contributed by atoms with van der Waals surface area (Å²) in [6.07, 6.45) is 0. The van der Waals surface area contributed by atoms with Crippen molar-refractivity contribution in [1.29, 1.82) is 0 Å². The number of nitrogens with zero attached hydrogens (tertiary/aromatic N) is 1. The molecule has 0 saturated heterocycles. The Bertz CT molecular complexity index is 392. The van der Waals surface area contributed by atoms with Crippen molar-refractivity contribution < 1.29 is 4.39 Å². The van der Waals surface area contributed by atoms with Crippen LogP contribution >= 0.6 is 0 Å². The van der Waals surface area contributed by atoms with Gasteiger partial charge in [-0.3, -0.25) is 5.10 Å². The lowest BCUT2D eigenvalue weighted by Gasteiger charge is -1.89. The fourth-order valence-corrected chi connectivity index (χ4v) is 1.10. The first-order valence-electron chi connectivity index (χ1n) is 3.37. The molecular formula is C8H7FN2. The largest absolute Gasteiger partial charge is 0.275 e. The van der Waals surface area contributed by atoms with Crippen molar-refractivity contribution in [3.8, 4) is 0 Å². The van der Waals surface area contributed by atoms with Crippen LogP contribution in [0.2, 0.25) is 0 Å². The molecule has 0 bridgehead atoms. The Hall–Kier alpha value is -1.38. The molecule has 0 fully saturated rings. The highest BCUT2D eigenvalue weighted by atomic mass is 19.1. The van der Waals surface area contributed by atoms with E-state index in [1.807, 2.05) is 19.1 Å². The van der Waals surface area contributed by atoms with Gasteiger partial charge in [-0.25, -0.2) is 0 Å². The Morgan fingerprint density at radius 3 is 3.09 bits per heavy atom. The van der Waals surface area contributed by atoms with E-state index in [1.54, 1.807) is 6.07 Å². The molecule has 0 unspecified atom stereocenters. The minimum atomic E-state index is -0.431. The average molecular weight is 150 g/mol. The number of aryl methyl sites for hydroxylation is 1. The number of nitrogens with one attached hydrogen (secondary N) is 1. The second-order valence-corrected chi connectivity index (χ2v) is 2.56. The van der Waals surface area contributed by atoms with Crippen LogP contribution < -0.4 is 0 Å². The molecule has 0 atom stereocenters. The Morgan fingerprint density at radius 2 is 2.27 bits per heavy atom. The van der Waals surface area contributed by atoms with Crippen LogP contribution in [-0.2, 0) is 0 Å². The SMILES string of the molecule is Cc1ccc2c(F)n[nH]c2c1. The summed E-state index contributed by atoms with van der Waals surface area (Å²) in [6.45, 7) is 1.96. The quantitative estimate of drug-likeness (QED) is 0.611. The van der Waals surface area contributed by atoms with Crippen LogP contribution in [0, 0.1) is 12.9 Å². The third-order valence-corrected chi connectivity index (χ3v) is 1.67. The smallest absolute Gasteiger partial charge is 0.240 e. The highest BCUT2D eigenvalue weighted by Crippen LogP contribution is 2.15. The molecule has 1 aromatic heterocycles. The molecule has 0 aliphatic heterocycles. The summed E-state index contributed by atoms with van der Waals surface area (Å²) in [5, 5.41) is 6.60. The molecule has 3 heteroatoms. The fraction of sp³-hybridized carbons (Fsp3) is 0.125. The Labute approximate surface area is 63.0 Å². The lowest BCUT2D eigenvalue weighted by molar-refractivity contribution is 0.588. The van der Waals surface area contributed by atoms with Gasteiger partial charge in [0.15, 0.2) is 0 Å². The van der Waals surface area contributed by atoms with Crippen molar-refractivity contribution in [1.82, 2.24) is 10.2 Å². The van der Waals surface area contributed by atoms with E-state index in [9.17, 15) is 4.39 Å². The van der Waals surface area contributed by atoms with Gasteiger partial charge in [0.1, 0.15) is 0 Å². The van der Waals surface area contributed by atoms with E-state index in [0.29, 0.717) is 5.39 Å². The van der Waals surface area contributed by atoms with Gasteiger partial charge in [0.2, 0.25) is 5.95 Å². The first-order chi connectivity index (χ1) is 5.27. The first-order valence-corrected chi connectivity index (χ1v) is 3.37. The molecule has 11 heavy (non-hydrogen) atoms. The molecule has 2 aromatic rings. The number of aromatic amines is 1. The molecule has 56 valence electrons. The zero-order valence-electron chi connectivity index (χ0n) is 6.06. The van der Waals surface area contributed by atoms with Gasteiger partial charge >= 0.3 is 0 Å². The van der Waals surface area contributed by atoms with E-state index in [0.717, 1.165) is 11.1 Å². The standard InChI is InChI=1S/C8H7FN2/c1-5-2-3-6-7(4-5)10-11-8(6)9/h2-4H,1H3,(H,10,11). The molecule has 2 nitrogen and oxygen atoms in total. The molecule has 1 aromatic carbocycles. The van der Waals surface area contributed by atoms with Crippen LogP contribution in [-0.4, -0.2) is 10.2 Å². The lowest BCUT2D eigenvalue weighted by atomic mass is 10.2. The summed E-state index contributed by atoms with van der Waals surface area (Å²) in [5.74, 6) is -0.431. The highest BCUT2D eigenvalue weighted by Gasteiger charge is 2.02. The van der Waals surface area contributed by atoms with E-state index >= 15 is 0 Å². The predicted molar refractivity (Wildman–Crippen MR) is 40.8 cm³/mol. The van der Waals surface area contributed by atoms with Gasteiger partial charge in [0.05, 0.1) is 10.9 Å². The number of halogens is 1. The van der Waals surface area contributed by atoms with E-state index in [4.69, 9.17) is 0 Å². The summed E-state index contributed by atoms with van der Waals surface area (Å²) in [6, 6.07) is 5.45. The van der Waals surface area contributed by atoms with E-state index in [-0.39, 0.29) is 0 Å². The molecule has 0 amide bonds. The number of hydrogen-bond donors (Lipinski definition) is 1. The van der Waals surface area contributed by atoms with Gasteiger partial charge in [0.25, 0.3) is 0 Å². The predicted octanol–water partition coefficient (Wildman–Crippen LogP) is 2.01. The molecule has 0 aliphatic carbocycles. The van der Waals surface area contributed by atoms with E-state index in [2.05, 4.69) is 10.2 Å². The topological polar surface area (TPSA) is 28.7 Å². The maximum Gasteiger partial charge on any atom is 0.240 e. The van der Waals surface area contributed by atoms with Crippen molar-refractivity contribution in [2.24, 2.45) is 0 Å². The number of aromatic nitrogens is 2. The van der Waals surface area contributed by atoms with Crippen molar-refractivity contribution in [3.05, 3.63) is 29.7 Å². The van der Waals surface area contributed by atoms with E-state index in [1.165, 1.54) is 0 Å². The van der Waals surface area contributed by atoms with Crippen molar-refractivity contribution in [2.75, 3.05) is 0 Å². The number of rotatable bonds is 0. The summed E-state index contributed by atoms with van der Waals surface area (Å²) in [4.78, 5) is 0. The third-order valence-electron chi connectivity index (χ3n) is 1.67. The lowest BCUT2D eigenvalue weighted by Crippen LogP contribution is -1.72. The molecule has 0 radical (unpaired) electrons. The second kappa shape index (κ2) is 2.05. The maximum absolute atomic E-state index is 12.7. The van der Waals surface area contributed by atoms with Gasteiger partial charge in [0, 0.05) is 0 Å². The van der Waals surface area contributed by atoms with Crippen LogP contribution in [0.3, 0.4) is 0 Å². The number of H-pyrrole nitrogens is 1. The Kier molecular flexibility index (Phi) is 1.18. The highest BCUT2D eigenvalue weighted by molar-refractivity contribution is 5.78. The molecule has 1 heterocycles. The second-order valence-electron chi connectivity index (χ2n) is 2.56. The number of benzene rings is 1. The first kappa shape index (κ1) is 6.34. The average Bonchev–Trinajstić information content (AvgIpc) is 2.32. The minimum absolute atomic E-state index is 0.431. The zero-order valence-corrected chi connectivity index (χ0v) is 6.06. The van der Waals surface area contributed by atoms with Crippen LogP contribution in [0.15, 0.2) is 18.2 Å². The summed E-state index contributed by atoms with van der Waals surface area (Å²) in [7, 11) is 0. The number of fused-ring (bicyclic) bond motifs is 1. The van der Waals surface area contributed by atoms with Crippen molar-refractivity contribution in [2.45, 2.75) is 6.92 Å². The van der Waals surface area contributed by atoms with Gasteiger partial charge in [-0.1, -0.05) is 6.07 Å². The van der Waals surface area contributed by atoms with Crippen molar-refractivity contribution >= 4 is 10.9 Å². The maximum atomic E-state index is 12.7. The molecular weight excluding hydrogens is 143 g/mol. The number of hydrogen-bond acceptors (Lipinski definition) is 1. The van der Waals surface area contributed by atoms with Gasteiger partial charge in [-0.05, 0) is 24.6 Å². The minimum Gasteiger partial charge on any atom is -0.275 e.